The number of benzene rings is 2. The third-order valence-corrected chi connectivity index (χ3v) is 8.24. The van der Waals surface area contributed by atoms with Crippen molar-refractivity contribution >= 4 is 17.6 Å². The van der Waals surface area contributed by atoms with Gasteiger partial charge < -0.3 is 5.32 Å². The molecule has 10 heteroatoms. The number of quaternary nitrogens is 2. The molecule has 2 aromatic rings. The van der Waals surface area contributed by atoms with E-state index >= 15 is 0 Å². The number of nitrogens with one attached hydrogen (secondary N) is 2. The summed E-state index contributed by atoms with van der Waals surface area (Å²) < 4.78 is 27.0. The summed E-state index contributed by atoms with van der Waals surface area (Å²) in [5.74, 6) is -2.93. The monoisotopic (exact) mass is 522 g/mol. The van der Waals surface area contributed by atoms with Crippen molar-refractivity contribution in [3.05, 3.63) is 94.8 Å². The number of hydrogen-bond acceptors (Lipinski definition) is 5. The van der Waals surface area contributed by atoms with Crippen molar-refractivity contribution in [1.82, 2.24) is 10.6 Å². The van der Waals surface area contributed by atoms with E-state index in [1.165, 1.54) is 12.1 Å². The molecule has 2 N–H and O–H groups in total. The molecule has 3 atom stereocenters. The van der Waals surface area contributed by atoms with Crippen molar-refractivity contribution in [3.8, 4) is 0 Å². The Labute approximate surface area is 218 Å². The number of allylic oxidation sites excluding steroid dienone is 1. The summed E-state index contributed by atoms with van der Waals surface area (Å²) in [6.45, 7) is 2.06. The molecule has 4 aliphatic rings. The Balaban J connectivity index is 1.38. The highest BCUT2D eigenvalue weighted by molar-refractivity contribution is 6.18. The summed E-state index contributed by atoms with van der Waals surface area (Å²) >= 11 is 0. The number of fused-ring (bicyclic) bond motifs is 1. The molecular weight excluding hydrogens is 494 g/mol. The van der Waals surface area contributed by atoms with E-state index in [0.29, 0.717) is 42.7 Å². The Kier molecular flexibility index (Phi) is 5.88. The van der Waals surface area contributed by atoms with Crippen LogP contribution in [0.1, 0.15) is 24.0 Å². The van der Waals surface area contributed by atoms with E-state index in [9.17, 15) is 23.2 Å². The van der Waals surface area contributed by atoms with Gasteiger partial charge in [-0.05, 0) is 16.3 Å². The molecule has 0 radical (unpaired) electrons. The number of ketones is 1. The number of amides is 2. The maximum absolute atomic E-state index is 14.3. The van der Waals surface area contributed by atoms with Crippen LogP contribution in [0.3, 0.4) is 0 Å². The molecule has 3 unspecified atom stereocenters. The fourth-order valence-corrected chi connectivity index (χ4v) is 6.48. The molecule has 0 aromatic heterocycles. The van der Waals surface area contributed by atoms with Crippen LogP contribution in [-0.4, -0.2) is 58.6 Å². The summed E-state index contributed by atoms with van der Waals surface area (Å²) in [6.07, 6.45) is 4.46. The SMILES string of the molecule is O=C(NCc1ccc(F)cc1F)C1=CC2=C[N+]34CCCC(=O)C3(CNCC4)[N+]2(OCc2ccccc2)C1=O. The number of carbonyl (C=O) groups is 3. The van der Waals surface area contributed by atoms with Crippen LogP contribution in [-0.2, 0) is 32.4 Å². The highest BCUT2D eigenvalue weighted by Crippen LogP contribution is 2.55. The fraction of sp³-hybridized carbons (Fsp3) is 0.321. The molecule has 0 aliphatic carbocycles. The number of piperidine rings is 1. The van der Waals surface area contributed by atoms with Crippen molar-refractivity contribution in [2.45, 2.75) is 31.7 Å². The molecule has 2 amide bonds. The molecule has 38 heavy (non-hydrogen) atoms. The molecule has 0 spiro atoms. The summed E-state index contributed by atoms with van der Waals surface area (Å²) in [6, 6.07) is 12.4. The van der Waals surface area contributed by atoms with Crippen LogP contribution in [0, 0.1) is 11.6 Å². The predicted molar refractivity (Wildman–Crippen MR) is 131 cm³/mol. The van der Waals surface area contributed by atoms with Gasteiger partial charge in [0.25, 0.3) is 11.7 Å². The third kappa shape index (κ3) is 3.37. The lowest BCUT2D eigenvalue weighted by atomic mass is 9.87. The van der Waals surface area contributed by atoms with Crippen LogP contribution in [0.25, 0.3) is 0 Å². The van der Waals surface area contributed by atoms with Crippen LogP contribution in [0.5, 0.6) is 0 Å². The Morgan fingerprint density at radius 2 is 1.92 bits per heavy atom. The first-order valence-corrected chi connectivity index (χ1v) is 12.7. The zero-order valence-corrected chi connectivity index (χ0v) is 20.7. The number of nitrogens with zero attached hydrogens (tertiary/aromatic N) is 2. The smallest absolute Gasteiger partial charge is 0.348 e. The minimum atomic E-state index is -1.28. The van der Waals surface area contributed by atoms with E-state index in [4.69, 9.17) is 4.84 Å². The zero-order chi connectivity index (χ0) is 26.5. The lowest BCUT2D eigenvalue weighted by Gasteiger charge is -2.53. The maximum Gasteiger partial charge on any atom is 0.395 e. The van der Waals surface area contributed by atoms with E-state index in [2.05, 4.69) is 10.6 Å². The average molecular weight is 523 g/mol. The standard InChI is InChI=1S/C28H27F2N4O4/c29-21-9-8-20(24(30)13-21)15-32-26(36)23-14-22-16-33-11-4-7-25(35)28(33,18-31-10-12-33)34(22,27(23)37)38-17-19-5-2-1-3-6-19/h1-3,5-6,8-9,13-14,16,31H,4,7,10-12,15,17-18H2/q+1/p+1. The number of hydroxylamine groups is 3. The molecule has 2 saturated heterocycles. The Morgan fingerprint density at radius 1 is 1.11 bits per heavy atom. The van der Waals surface area contributed by atoms with Gasteiger partial charge in [0.2, 0.25) is 5.70 Å². The van der Waals surface area contributed by atoms with Gasteiger partial charge in [0, 0.05) is 43.6 Å². The minimum Gasteiger partial charge on any atom is -0.348 e. The molecular formula is C28H28F2N4O4+2. The van der Waals surface area contributed by atoms with Crippen molar-refractivity contribution < 1.29 is 37.1 Å². The molecule has 2 aromatic carbocycles. The first kappa shape index (κ1) is 24.7. The van der Waals surface area contributed by atoms with Gasteiger partial charge in [-0.1, -0.05) is 36.4 Å². The number of halogens is 2. The lowest BCUT2D eigenvalue weighted by molar-refractivity contribution is -1.15. The quantitative estimate of drug-likeness (QED) is 0.450. The van der Waals surface area contributed by atoms with Crippen LogP contribution < -0.4 is 10.6 Å². The van der Waals surface area contributed by atoms with E-state index in [-0.39, 0.29) is 36.6 Å². The van der Waals surface area contributed by atoms with Gasteiger partial charge in [0.1, 0.15) is 31.3 Å². The van der Waals surface area contributed by atoms with Crippen molar-refractivity contribution in [2.75, 3.05) is 26.2 Å². The molecule has 0 saturated carbocycles. The number of piperazine rings is 1. The molecule has 196 valence electrons. The van der Waals surface area contributed by atoms with E-state index in [0.717, 1.165) is 17.7 Å². The largest absolute Gasteiger partial charge is 0.395 e. The highest BCUT2D eigenvalue weighted by Gasteiger charge is 2.83. The van der Waals surface area contributed by atoms with Gasteiger partial charge in [0.05, 0.1) is 6.54 Å². The van der Waals surface area contributed by atoms with E-state index in [1.807, 2.05) is 36.5 Å². The predicted octanol–water partition coefficient (Wildman–Crippen LogP) is 2.33. The number of rotatable bonds is 6. The van der Waals surface area contributed by atoms with Gasteiger partial charge >= 0.3 is 11.6 Å². The average Bonchev–Trinajstić information content (AvgIpc) is 3.34. The van der Waals surface area contributed by atoms with E-state index in [1.54, 1.807) is 0 Å². The molecule has 4 heterocycles. The Hall–Kier alpha value is -3.57. The number of carbonyl (C=O) groups excluding carboxylic acids is 3. The van der Waals surface area contributed by atoms with Crippen molar-refractivity contribution in [2.24, 2.45) is 0 Å². The zero-order valence-electron chi connectivity index (χ0n) is 20.7. The van der Waals surface area contributed by atoms with Gasteiger partial charge in [-0.25, -0.2) is 18.1 Å². The van der Waals surface area contributed by atoms with E-state index < -0.39 is 33.8 Å². The van der Waals surface area contributed by atoms with Crippen molar-refractivity contribution in [1.29, 1.82) is 0 Å². The second-order valence-electron chi connectivity index (χ2n) is 10.2. The van der Waals surface area contributed by atoms with Crippen LogP contribution in [0.4, 0.5) is 8.78 Å². The van der Waals surface area contributed by atoms with Gasteiger partial charge in [-0.2, -0.15) is 4.84 Å². The Morgan fingerprint density at radius 3 is 2.71 bits per heavy atom. The van der Waals surface area contributed by atoms with Gasteiger partial charge in [0.15, 0.2) is 11.8 Å². The number of hydrogen-bond donors (Lipinski definition) is 2. The Bertz CT molecular complexity index is 1410. The summed E-state index contributed by atoms with van der Waals surface area (Å²) in [7, 11) is 0. The van der Waals surface area contributed by atoms with Crippen LogP contribution in [0.2, 0.25) is 0 Å². The third-order valence-electron chi connectivity index (χ3n) is 8.24. The maximum atomic E-state index is 14.3. The first-order valence-electron chi connectivity index (χ1n) is 12.7. The molecule has 2 fully saturated rings. The first-order chi connectivity index (χ1) is 18.3. The second-order valence-corrected chi connectivity index (χ2v) is 10.2. The van der Waals surface area contributed by atoms with Gasteiger partial charge in [-0.15, -0.1) is 0 Å². The summed E-state index contributed by atoms with van der Waals surface area (Å²) in [5, 5.41) is 5.89. The molecule has 6 rings (SSSR count). The second kappa shape index (κ2) is 9.02. The fourth-order valence-electron chi connectivity index (χ4n) is 6.48. The van der Waals surface area contributed by atoms with Crippen LogP contribution >= 0.6 is 0 Å². The summed E-state index contributed by atoms with van der Waals surface area (Å²) in [4.78, 5) is 47.9. The molecule has 4 aliphatic heterocycles. The highest BCUT2D eigenvalue weighted by atomic mass is 19.1. The molecule has 8 nitrogen and oxygen atoms in total. The normalized spacial score (nSPS) is 29.7. The molecule has 0 bridgehead atoms. The number of Topliss-reactive ketones (excluding diaryl/α,β-unsaturated/α-hetero) is 1. The van der Waals surface area contributed by atoms with Crippen molar-refractivity contribution in [3.63, 3.8) is 0 Å². The summed E-state index contributed by atoms with van der Waals surface area (Å²) in [5.41, 5.74) is -0.0709. The van der Waals surface area contributed by atoms with Gasteiger partial charge in [-0.3, -0.25) is 14.9 Å². The topological polar surface area (TPSA) is 84.5 Å². The minimum absolute atomic E-state index is 0.0580. The van der Waals surface area contributed by atoms with Crippen LogP contribution in [0.15, 0.2) is 72.1 Å². The lowest BCUT2D eigenvalue weighted by Crippen LogP contribution is -2.84.